The first kappa shape index (κ1) is 19.5. The van der Waals surface area contributed by atoms with E-state index in [1.54, 1.807) is 42.5 Å². The number of hydrogen-bond donors (Lipinski definition) is 3. The normalized spacial score (nSPS) is 12.0. The molecule has 30 heavy (non-hydrogen) atoms. The SMILES string of the molecule is O=C(O)c1cc(O)c(/N=N/c2ccc(S(=O)(=O)O)c3ccccc23)c2ccccc12. The molecule has 0 unspecified atom stereocenters. The lowest BCUT2D eigenvalue weighted by Crippen LogP contribution is -1.98. The van der Waals surface area contributed by atoms with Gasteiger partial charge in [-0.3, -0.25) is 4.55 Å². The fourth-order valence-corrected chi connectivity index (χ4v) is 3.99. The molecule has 3 N–H and O–H groups in total. The first-order chi connectivity index (χ1) is 14.3. The predicted octanol–water partition coefficient (Wildman–Crippen LogP) is 5.06. The zero-order valence-electron chi connectivity index (χ0n) is 15.2. The molecule has 0 amide bonds. The van der Waals surface area contributed by atoms with Gasteiger partial charge in [-0.15, -0.1) is 10.2 Å². The van der Waals surface area contributed by atoms with E-state index in [4.69, 9.17) is 0 Å². The van der Waals surface area contributed by atoms with Gasteiger partial charge in [0.2, 0.25) is 0 Å². The van der Waals surface area contributed by atoms with Crippen molar-refractivity contribution in [1.82, 2.24) is 0 Å². The Hall–Kier alpha value is -3.82. The van der Waals surface area contributed by atoms with E-state index >= 15 is 0 Å². The van der Waals surface area contributed by atoms with E-state index in [0.29, 0.717) is 21.8 Å². The van der Waals surface area contributed by atoms with Crippen LogP contribution in [0, 0.1) is 0 Å². The highest BCUT2D eigenvalue weighted by Gasteiger charge is 2.17. The van der Waals surface area contributed by atoms with Crippen molar-refractivity contribution < 1.29 is 28.0 Å². The van der Waals surface area contributed by atoms with Crippen LogP contribution in [0.3, 0.4) is 0 Å². The van der Waals surface area contributed by atoms with Gasteiger partial charge in [0.1, 0.15) is 16.3 Å². The van der Waals surface area contributed by atoms with E-state index in [9.17, 15) is 28.0 Å². The number of rotatable bonds is 4. The average molecular weight is 422 g/mol. The van der Waals surface area contributed by atoms with Gasteiger partial charge in [0.25, 0.3) is 10.1 Å². The second-order valence-electron chi connectivity index (χ2n) is 6.45. The summed E-state index contributed by atoms with van der Waals surface area (Å²) in [6.45, 7) is 0. The molecule has 0 saturated carbocycles. The van der Waals surface area contributed by atoms with Crippen molar-refractivity contribution in [2.45, 2.75) is 4.90 Å². The number of aromatic hydroxyl groups is 1. The topological polar surface area (TPSA) is 137 Å². The van der Waals surface area contributed by atoms with Crippen LogP contribution in [0.5, 0.6) is 5.75 Å². The molecule has 0 atom stereocenters. The molecule has 4 aromatic rings. The van der Waals surface area contributed by atoms with Crippen LogP contribution in [-0.4, -0.2) is 29.2 Å². The molecular weight excluding hydrogens is 408 g/mol. The smallest absolute Gasteiger partial charge is 0.336 e. The number of nitrogens with zero attached hydrogens (tertiary/aromatic N) is 2. The van der Waals surface area contributed by atoms with Crippen molar-refractivity contribution in [1.29, 1.82) is 0 Å². The molecule has 150 valence electrons. The minimum atomic E-state index is -4.43. The minimum absolute atomic E-state index is 0.0648. The monoisotopic (exact) mass is 422 g/mol. The first-order valence-corrected chi connectivity index (χ1v) is 10.1. The Labute approximate surface area is 170 Å². The van der Waals surface area contributed by atoms with E-state index in [1.807, 2.05) is 0 Å². The Morgan fingerprint density at radius 1 is 0.800 bits per heavy atom. The largest absolute Gasteiger partial charge is 0.506 e. The summed E-state index contributed by atoms with van der Waals surface area (Å²) in [7, 11) is -4.43. The summed E-state index contributed by atoms with van der Waals surface area (Å²) in [6, 6.07) is 16.8. The summed E-state index contributed by atoms with van der Waals surface area (Å²) in [5, 5.41) is 29.5. The fraction of sp³-hybridized carbons (Fsp3) is 0. The minimum Gasteiger partial charge on any atom is -0.506 e. The van der Waals surface area contributed by atoms with E-state index in [-0.39, 0.29) is 27.3 Å². The molecule has 0 fully saturated rings. The van der Waals surface area contributed by atoms with Gasteiger partial charge in [-0.1, -0.05) is 48.5 Å². The van der Waals surface area contributed by atoms with Gasteiger partial charge in [-0.2, -0.15) is 8.42 Å². The van der Waals surface area contributed by atoms with E-state index in [2.05, 4.69) is 10.2 Å². The highest BCUT2D eigenvalue weighted by molar-refractivity contribution is 7.86. The number of fused-ring (bicyclic) bond motifs is 2. The molecule has 0 radical (unpaired) electrons. The zero-order valence-corrected chi connectivity index (χ0v) is 16.0. The number of azo groups is 1. The van der Waals surface area contributed by atoms with Crippen LogP contribution in [0.1, 0.15) is 10.4 Å². The van der Waals surface area contributed by atoms with Crippen LogP contribution in [0.2, 0.25) is 0 Å². The van der Waals surface area contributed by atoms with E-state index < -0.39 is 16.1 Å². The maximum atomic E-state index is 11.6. The molecule has 0 bridgehead atoms. The van der Waals surface area contributed by atoms with Crippen molar-refractivity contribution in [2.75, 3.05) is 0 Å². The number of aromatic carboxylic acids is 1. The van der Waals surface area contributed by atoms with Crippen LogP contribution in [0.15, 0.2) is 81.9 Å². The summed E-state index contributed by atoms with van der Waals surface area (Å²) in [6.07, 6.45) is 0. The summed E-state index contributed by atoms with van der Waals surface area (Å²) < 4.78 is 32.7. The molecule has 0 aliphatic heterocycles. The van der Waals surface area contributed by atoms with Crippen LogP contribution < -0.4 is 0 Å². The van der Waals surface area contributed by atoms with Gasteiger partial charge in [-0.25, -0.2) is 4.79 Å². The van der Waals surface area contributed by atoms with Crippen molar-refractivity contribution in [3.05, 3.63) is 72.3 Å². The highest BCUT2D eigenvalue weighted by atomic mass is 32.2. The molecular formula is C21H14N2O6S. The van der Waals surface area contributed by atoms with E-state index in [0.717, 1.165) is 6.07 Å². The second-order valence-corrected chi connectivity index (χ2v) is 7.84. The zero-order chi connectivity index (χ0) is 21.5. The quantitative estimate of drug-likeness (QED) is 0.311. The Kier molecular flexibility index (Phi) is 4.69. The number of phenols is 1. The molecule has 0 saturated heterocycles. The first-order valence-electron chi connectivity index (χ1n) is 8.66. The summed E-state index contributed by atoms with van der Waals surface area (Å²) >= 11 is 0. The molecule has 4 rings (SSSR count). The number of carbonyl (C=O) groups is 1. The van der Waals surface area contributed by atoms with Gasteiger partial charge in [0.15, 0.2) is 0 Å². The number of carboxylic acids is 1. The van der Waals surface area contributed by atoms with Gasteiger partial charge in [-0.05, 0) is 23.6 Å². The molecule has 0 spiro atoms. The van der Waals surface area contributed by atoms with Gasteiger partial charge >= 0.3 is 5.97 Å². The molecule has 0 aliphatic rings. The predicted molar refractivity (Wildman–Crippen MR) is 111 cm³/mol. The maximum absolute atomic E-state index is 11.6. The third kappa shape index (κ3) is 3.36. The highest BCUT2D eigenvalue weighted by Crippen LogP contribution is 2.39. The van der Waals surface area contributed by atoms with Crippen LogP contribution in [-0.2, 0) is 10.1 Å². The molecule has 0 heterocycles. The molecule has 0 aliphatic carbocycles. The summed E-state index contributed by atoms with van der Waals surface area (Å²) in [5.74, 6) is -1.54. The van der Waals surface area contributed by atoms with E-state index in [1.165, 1.54) is 18.2 Å². The van der Waals surface area contributed by atoms with Crippen molar-refractivity contribution >= 4 is 49.0 Å². The number of benzene rings is 4. The van der Waals surface area contributed by atoms with Crippen molar-refractivity contribution in [2.24, 2.45) is 10.2 Å². The number of carboxylic acid groups (broad SMARTS) is 1. The number of hydrogen-bond acceptors (Lipinski definition) is 6. The Morgan fingerprint density at radius 2 is 1.40 bits per heavy atom. The van der Waals surface area contributed by atoms with Crippen LogP contribution >= 0.6 is 0 Å². The lowest BCUT2D eigenvalue weighted by Gasteiger charge is -2.08. The summed E-state index contributed by atoms with van der Waals surface area (Å²) in [5.41, 5.74) is 0.326. The van der Waals surface area contributed by atoms with Crippen molar-refractivity contribution in [3.63, 3.8) is 0 Å². The van der Waals surface area contributed by atoms with Crippen molar-refractivity contribution in [3.8, 4) is 5.75 Å². The molecule has 4 aromatic carbocycles. The van der Waals surface area contributed by atoms with Gasteiger partial charge in [0, 0.05) is 16.2 Å². The third-order valence-electron chi connectivity index (χ3n) is 4.62. The Morgan fingerprint density at radius 3 is 2.03 bits per heavy atom. The molecule has 9 heteroatoms. The molecule has 8 nitrogen and oxygen atoms in total. The Balaban J connectivity index is 1.91. The standard InChI is InChI=1S/C21H14N2O6S/c24-18-11-16(21(25)26)12-5-1-4-8-15(12)20(18)23-22-17-9-10-19(30(27,28)29)14-7-3-2-6-13(14)17/h1-11,24H,(H,25,26)(H,27,28,29)/b23-22+. The summed E-state index contributed by atoms with van der Waals surface area (Å²) in [4.78, 5) is 11.2. The third-order valence-corrected chi connectivity index (χ3v) is 5.53. The van der Waals surface area contributed by atoms with Crippen LogP contribution in [0.4, 0.5) is 11.4 Å². The second kappa shape index (κ2) is 7.21. The van der Waals surface area contributed by atoms with Gasteiger partial charge in [0.05, 0.1) is 11.3 Å². The van der Waals surface area contributed by atoms with Gasteiger partial charge < -0.3 is 10.2 Å². The lowest BCUT2D eigenvalue weighted by molar-refractivity contribution is 0.0698. The lowest BCUT2D eigenvalue weighted by atomic mass is 10.0. The average Bonchev–Trinajstić information content (AvgIpc) is 2.71. The van der Waals surface area contributed by atoms with Crippen LogP contribution in [0.25, 0.3) is 21.5 Å². The molecule has 0 aromatic heterocycles. The fourth-order valence-electron chi connectivity index (χ4n) is 3.30. The maximum Gasteiger partial charge on any atom is 0.336 e. The Bertz CT molecular complexity index is 1460. The number of phenolic OH excluding ortho intramolecular Hbond substituents is 1.